The van der Waals surface area contributed by atoms with Crippen molar-refractivity contribution in [1.82, 2.24) is 0 Å². The van der Waals surface area contributed by atoms with E-state index in [4.69, 9.17) is 19.2 Å². The van der Waals surface area contributed by atoms with Crippen molar-refractivity contribution in [2.45, 2.75) is 32.8 Å². The lowest BCUT2D eigenvalue weighted by molar-refractivity contribution is -0.141. The number of ether oxygens (including phenoxy) is 2. The highest BCUT2D eigenvalue weighted by Crippen LogP contribution is 2.24. The lowest BCUT2D eigenvalue weighted by Crippen LogP contribution is -2.28. The first-order valence-electron chi connectivity index (χ1n) is 8.95. The highest BCUT2D eigenvalue weighted by molar-refractivity contribution is 5.83. The number of fused-ring (bicyclic) bond motifs is 1. The molecule has 1 unspecified atom stereocenters. The Kier molecular flexibility index (Phi) is 5.75. The van der Waals surface area contributed by atoms with Gasteiger partial charge >= 0.3 is 11.6 Å². The second-order valence-corrected chi connectivity index (χ2v) is 6.32. The molecule has 0 aliphatic carbocycles. The van der Waals surface area contributed by atoms with E-state index in [1.54, 1.807) is 43.3 Å². The van der Waals surface area contributed by atoms with Gasteiger partial charge in [0.25, 0.3) is 0 Å². The van der Waals surface area contributed by atoms with E-state index in [9.17, 15) is 9.59 Å². The van der Waals surface area contributed by atoms with E-state index in [-0.39, 0.29) is 5.75 Å². The zero-order valence-electron chi connectivity index (χ0n) is 15.6. The summed E-state index contributed by atoms with van der Waals surface area (Å²) in [5.74, 6) is 0.137. The lowest BCUT2D eigenvalue weighted by atomic mass is 10.1. The second kappa shape index (κ2) is 8.40. The summed E-state index contributed by atoms with van der Waals surface area (Å²) in [6, 6.07) is 14.9. The maximum Gasteiger partial charge on any atom is 0.352 e. The zero-order valence-corrected chi connectivity index (χ0v) is 15.6. The molecule has 2 aromatic carbocycles. The number of hydrogen-bond acceptors (Lipinski definition) is 6. The molecule has 0 spiro atoms. The van der Waals surface area contributed by atoms with Gasteiger partial charge in [-0.05, 0) is 55.3 Å². The van der Waals surface area contributed by atoms with E-state index in [0.717, 1.165) is 23.8 Å². The topological polar surface area (TPSA) is 89.5 Å². The number of aryl methyl sites for hydroxylation is 1. The van der Waals surface area contributed by atoms with Crippen LogP contribution >= 0.6 is 0 Å². The Labute approximate surface area is 161 Å². The van der Waals surface area contributed by atoms with Gasteiger partial charge in [-0.2, -0.15) is 5.26 Å². The average Bonchev–Trinajstić information content (AvgIpc) is 2.68. The smallest absolute Gasteiger partial charge is 0.352 e. The first-order valence-corrected chi connectivity index (χ1v) is 8.95. The molecule has 0 radical (unpaired) electrons. The normalized spacial score (nSPS) is 11.6. The molecule has 1 atom stereocenters. The van der Waals surface area contributed by atoms with Gasteiger partial charge in [-0.1, -0.05) is 13.3 Å². The first kappa shape index (κ1) is 19.2. The number of carbonyl (C=O) groups is 1. The molecule has 0 aliphatic rings. The van der Waals surface area contributed by atoms with E-state index < -0.39 is 17.7 Å². The standard InChI is InChI=1S/C22H19NO5/c1-3-4-16-11-21(24)28-20-12-18(9-10-19(16)20)27-22(25)14(2)26-17-7-5-15(13-23)6-8-17/h5-12,14H,3-4H2,1-2H3. The van der Waals surface area contributed by atoms with Crippen LogP contribution in [-0.2, 0) is 11.2 Å². The molecular weight excluding hydrogens is 358 g/mol. The number of esters is 1. The molecule has 0 aliphatic heterocycles. The van der Waals surface area contributed by atoms with Gasteiger partial charge in [-0.3, -0.25) is 0 Å². The minimum Gasteiger partial charge on any atom is -0.479 e. The molecular formula is C22H19NO5. The van der Waals surface area contributed by atoms with Crippen LogP contribution in [0.25, 0.3) is 11.0 Å². The van der Waals surface area contributed by atoms with E-state index in [1.807, 2.05) is 13.0 Å². The number of benzene rings is 2. The molecule has 6 nitrogen and oxygen atoms in total. The van der Waals surface area contributed by atoms with E-state index in [2.05, 4.69) is 0 Å². The van der Waals surface area contributed by atoms with Crippen molar-refractivity contribution in [2.75, 3.05) is 0 Å². The molecule has 3 rings (SSSR count). The Bertz CT molecular complexity index is 1090. The molecule has 0 amide bonds. The maximum absolute atomic E-state index is 12.3. The van der Waals surface area contributed by atoms with Gasteiger partial charge in [0.15, 0.2) is 6.10 Å². The minimum atomic E-state index is -0.859. The van der Waals surface area contributed by atoms with Crippen molar-refractivity contribution < 1.29 is 18.7 Å². The van der Waals surface area contributed by atoms with Crippen molar-refractivity contribution in [3.05, 3.63) is 70.1 Å². The van der Waals surface area contributed by atoms with Gasteiger partial charge in [0.05, 0.1) is 11.6 Å². The van der Waals surface area contributed by atoms with E-state index in [1.165, 1.54) is 12.1 Å². The summed E-state index contributed by atoms with van der Waals surface area (Å²) in [6.07, 6.45) is 0.804. The maximum atomic E-state index is 12.3. The Hall–Kier alpha value is -3.59. The zero-order chi connectivity index (χ0) is 20.1. The molecule has 1 heterocycles. The van der Waals surface area contributed by atoms with Gasteiger partial charge in [0, 0.05) is 17.5 Å². The second-order valence-electron chi connectivity index (χ2n) is 6.32. The number of nitrogens with zero attached hydrogens (tertiary/aromatic N) is 1. The Morgan fingerprint density at radius 3 is 2.54 bits per heavy atom. The number of hydrogen-bond donors (Lipinski definition) is 0. The highest BCUT2D eigenvalue weighted by atomic mass is 16.6. The summed E-state index contributed by atoms with van der Waals surface area (Å²) in [6.45, 7) is 3.60. The van der Waals surface area contributed by atoms with Crippen LogP contribution in [0.1, 0.15) is 31.4 Å². The van der Waals surface area contributed by atoms with Crippen LogP contribution in [0.2, 0.25) is 0 Å². The fourth-order valence-corrected chi connectivity index (χ4v) is 2.81. The summed E-state index contributed by atoms with van der Waals surface area (Å²) < 4.78 is 16.2. The number of rotatable bonds is 6. The van der Waals surface area contributed by atoms with Crippen molar-refractivity contribution >= 4 is 16.9 Å². The van der Waals surface area contributed by atoms with Crippen molar-refractivity contribution in [3.8, 4) is 17.6 Å². The Balaban J connectivity index is 1.74. The quantitative estimate of drug-likeness (QED) is 0.367. The summed E-state index contributed by atoms with van der Waals surface area (Å²) in [7, 11) is 0. The van der Waals surface area contributed by atoms with E-state index >= 15 is 0 Å². The fraction of sp³-hybridized carbons (Fsp3) is 0.227. The summed E-state index contributed by atoms with van der Waals surface area (Å²) in [4.78, 5) is 24.1. The van der Waals surface area contributed by atoms with Crippen LogP contribution in [0.4, 0.5) is 0 Å². The van der Waals surface area contributed by atoms with Crippen LogP contribution in [-0.4, -0.2) is 12.1 Å². The van der Waals surface area contributed by atoms with Crippen molar-refractivity contribution in [3.63, 3.8) is 0 Å². The molecule has 142 valence electrons. The van der Waals surface area contributed by atoms with Crippen LogP contribution in [0.5, 0.6) is 11.5 Å². The highest BCUT2D eigenvalue weighted by Gasteiger charge is 2.18. The van der Waals surface area contributed by atoms with Crippen LogP contribution in [0.3, 0.4) is 0 Å². The van der Waals surface area contributed by atoms with Crippen LogP contribution in [0, 0.1) is 11.3 Å². The predicted molar refractivity (Wildman–Crippen MR) is 103 cm³/mol. The fourth-order valence-electron chi connectivity index (χ4n) is 2.81. The molecule has 1 aromatic heterocycles. The molecule has 6 heteroatoms. The summed E-state index contributed by atoms with van der Waals surface area (Å²) >= 11 is 0. The van der Waals surface area contributed by atoms with Gasteiger partial charge in [-0.25, -0.2) is 9.59 Å². The molecule has 3 aromatic rings. The monoisotopic (exact) mass is 377 g/mol. The van der Waals surface area contributed by atoms with E-state index in [0.29, 0.717) is 16.9 Å². The van der Waals surface area contributed by atoms with Crippen LogP contribution in [0.15, 0.2) is 57.7 Å². The van der Waals surface area contributed by atoms with Gasteiger partial charge < -0.3 is 13.9 Å². The number of nitriles is 1. The molecule has 0 saturated carbocycles. The third kappa shape index (κ3) is 4.38. The minimum absolute atomic E-state index is 0.268. The molecule has 0 bridgehead atoms. The molecule has 28 heavy (non-hydrogen) atoms. The van der Waals surface area contributed by atoms with Crippen molar-refractivity contribution in [1.29, 1.82) is 5.26 Å². The molecule has 0 saturated heterocycles. The summed E-state index contributed by atoms with van der Waals surface area (Å²) in [5.41, 5.74) is 1.35. The van der Waals surface area contributed by atoms with Crippen molar-refractivity contribution in [2.24, 2.45) is 0 Å². The Morgan fingerprint density at radius 1 is 1.14 bits per heavy atom. The third-order valence-corrected chi connectivity index (χ3v) is 4.17. The average molecular weight is 377 g/mol. The first-order chi connectivity index (χ1) is 13.5. The van der Waals surface area contributed by atoms with Gasteiger partial charge in [-0.15, -0.1) is 0 Å². The van der Waals surface area contributed by atoms with Crippen LogP contribution < -0.4 is 15.1 Å². The van der Waals surface area contributed by atoms with Gasteiger partial charge in [0.1, 0.15) is 17.1 Å². The SMILES string of the molecule is CCCc1cc(=O)oc2cc(OC(=O)C(C)Oc3ccc(C#N)cc3)ccc12. The van der Waals surface area contributed by atoms with Gasteiger partial charge in [0.2, 0.25) is 0 Å². The number of carbonyl (C=O) groups excluding carboxylic acids is 1. The molecule has 0 N–H and O–H groups in total. The molecule has 0 fully saturated rings. The Morgan fingerprint density at radius 2 is 1.86 bits per heavy atom. The lowest BCUT2D eigenvalue weighted by Gasteiger charge is -2.14. The largest absolute Gasteiger partial charge is 0.479 e. The predicted octanol–water partition coefficient (Wildman–Crippen LogP) is 3.99. The third-order valence-electron chi connectivity index (χ3n) is 4.17. The summed E-state index contributed by atoms with van der Waals surface area (Å²) in [5, 5.41) is 9.63.